The van der Waals surface area contributed by atoms with Gasteiger partial charge in [0.25, 0.3) is 0 Å². The van der Waals surface area contributed by atoms with Gasteiger partial charge in [0.05, 0.1) is 0 Å². The molecule has 2 heteroatoms. The topological polar surface area (TPSA) is 0 Å². The van der Waals surface area contributed by atoms with Crippen LogP contribution in [0, 0.1) is 0 Å². The largest absolute Gasteiger partial charge is 0.135 e. The summed E-state index contributed by atoms with van der Waals surface area (Å²) >= 11 is 3.81. The van der Waals surface area contributed by atoms with Crippen LogP contribution in [0.4, 0.5) is 0 Å². The number of hydrogen-bond acceptors (Lipinski definition) is 2. The molecule has 2 heterocycles. The van der Waals surface area contributed by atoms with Crippen molar-refractivity contribution in [2.75, 3.05) is 0 Å². The van der Waals surface area contributed by atoms with Crippen LogP contribution in [-0.2, 0) is 0 Å². The average molecular weight is 795 g/mol. The zero-order valence-electron chi connectivity index (χ0n) is 32.4. The molecule has 0 N–H and O–H groups in total. The van der Waals surface area contributed by atoms with Crippen LogP contribution in [0.25, 0.3) is 128 Å². The highest BCUT2D eigenvalue weighted by Gasteiger charge is 2.18. The SMILES string of the molecule is c1cc(-c2ccc3ccccc3c2)cc(-c2c3ccccc3c(-c3ccc(-c4ccc5cc6c(cc5c4)sc4cc5sc7ccccc7c5cc46)cc3)c3ccccc23)c1. The number of benzene rings is 11. The van der Waals surface area contributed by atoms with E-state index in [1.807, 2.05) is 22.7 Å². The summed E-state index contributed by atoms with van der Waals surface area (Å²) in [4.78, 5) is 0. The zero-order chi connectivity index (χ0) is 39.3. The summed E-state index contributed by atoms with van der Waals surface area (Å²) in [6.45, 7) is 0. The van der Waals surface area contributed by atoms with Gasteiger partial charge in [-0.05, 0) is 136 Å². The van der Waals surface area contributed by atoms with E-state index in [1.54, 1.807) is 0 Å². The molecule has 0 saturated heterocycles. The molecular formula is C58H34S2. The van der Waals surface area contributed by atoms with E-state index < -0.39 is 0 Å². The lowest BCUT2D eigenvalue weighted by Crippen LogP contribution is -1.91. The van der Waals surface area contributed by atoms with Gasteiger partial charge in [0.2, 0.25) is 0 Å². The summed E-state index contributed by atoms with van der Waals surface area (Å²) in [5.41, 5.74) is 9.92. The third-order valence-electron chi connectivity index (χ3n) is 12.6. The maximum atomic E-state index is 2.43. The van der Waals surface area contributed by atoms with Crippen LogP contribution in [0.1, 0.15) is 0 Å². The van der Waals surface area contributed by atoms with Crippen molar-refractivity contribution in [3.8, 4) is 44.5 Å². The lowest BCUT2D eigenvalue weighted by molar-refractivity contribution is 1.62. The van der Waals surface area contributed by atoms with Crippen LogP contribution in [0.2, 0.25) is 0 Å². The maximum Gasteiger partial charge on any atom is 0.0369 e. The van der Waals surface area contributed by atoms with Crippen molar-refractivity contribution in [2.45, 2.75) is 0 Å². The monoisotopic (exact) mass is 794 g/mol. The van der Waals surface area contributed by atoms with Gasteiger partial charge in [-0.25, -0.2) is 0 Å². The second kappa shape index (κ2) is 13.2. The molecule has 0 radical (unpaired) electrons. The Hall–Kier alpha value is -7.10. The molecule has 0 atom stereocenters. The van der Waals surface area contributed by atoms with E-state index >= 15 is 0 Å². The van der Waals surface area contributed by atoms with E-state index in [4.69, 9.17) is 0 Å². The third-order valence-corrected chi connectivity index (χ3v) is 14.8. The lowest BCUT2D eigenvalue weighted by atomic mass is 9.85. The van der Waals surface area contributed by atoms with Gasteiger partial charge in [-0.1, -0.05) is 158 Å². The minimum atomic E-state index is 1.22. The Labute approximate surface area is 354 Å². The molecular weight excluding hydrogens is 761 g/mol. The second-order valence-electron chi connectivity index (χ2n) is 16.0. The van der Waals surface area contributed by atoms with Crippen molar-refractivity contribution in [2.24, 2.45) is 0 Å². The van der Waals surface area contributed by atoms with Gasteiger partial charge < -0.3 is 0 Å². The molecule has 0 aliphatic carbocycles. The highest BCUT2D eigenvalue weighted by atomic mass is 32.1. The fourth-order valence-electron chi connectivity index (χ4n) is 9.72. The Morgan fingerprint density at radius 1 is 0.200 bits per heavy atom. The number of hydrogen-bond donors (Lipinski definition) is 0. The summed E-state index contributed by atoms with van der Waals surface area (Å²) in [7, 11) is 0. The van der Waals surface area contributed by atoms with Crippen molar-refractivity contribution in [1.29, 1.82) is 0 Å². The Morgan fingerprint density at radius 2 is 0.667 bits per heavy atom. The second-order valence-corrected chi connectivity index (χ2v) is 18.2. The predicted octanol–water partition coefficient (Wildman–Crippen LogP) is 17.7. The smallest absolute Gasteiger partial charge is 0.0369 e. The lowest BCUT2D eigenvalue weighted by Gasteiger charge is -2.18. The normalized spacial score (nSPS) is 12.0. The van der Waals surface area contributed by atoms with Crippen molar-refractivity contribution in [3.05, 3.63) is 206 Å². The highest BCUT2D eigenvalue weighted by Crippen LogP contribution is 2.46. The van der Waals surface area contributed by atoms with Crippen LogP contribution in [-0.4, -0.2) is 0 Å². The molecule has 0 fully saturated rings. The molecule has 13 rings (SSSR count). The first-order valence-electron chi connectivity index (χ1n) is 20.6. The summed E-state index contributed by atoms with van der Waals surface area (Å²) in [6.07, 6.45) is 0. The van der Waals surface area contributed by atoms with Crippen LogP contribution >= 0.6 is 22.7 Å². The number of thiophene rings is 2. The quantitative estimate of drug-likeness (QED) is 0.156. The summed E-state index contributed by atoms with van der Waals surface area (Å²) in [5, 5.41) is 15.6. The molecule has 13 aromatic rings. The third kappa shape index (κ3) is 5.28. The Morgan fingerprint density at radius 3 is 1.42 bits per heavy atom. The van der Waals surface area contributed by atoms with Gasteiger partial charge in [-0.2, -0.15) is 0 Å². The fourth-order valence-corrected chi connectivity index (χ4v) is 12.1. The van der Waals surface area contributed by atoms with Crippen molar-refractivity contribution < 1.29 is 0 Å². The molecule has 0 amide bonds. The Balaban J connectivity index is 0.894. The first-order chi connectivity index (χ1) is 29.7. The molecule has 278 valence electrons. The molecule has 0 aliphatic heterocycles. The van der Waals surface area contributed by atoms with Gasteiger partial charge in [0.1, 0.15) is 0 Å². The highest BCUT2D eigenvalue weighted by molar-refractivity contribution is 7.28. The average Bonchev–Trinajstić information content (AvgIpc) is 3.85. The van der Waals surface area contributed by atoms with Crippen LogP contribution in [0.5, 0.6) is 0 Å². The van der Waals surface area contributed by atoms with Gasteiger partial charge >= 0.3 is 0 Å². The molecule has 0 nitrogen and oxygen atoms in total. The molecule has 0 saturated carbocycles. The standard InChI is InChI=1S/C58H34S2/c1-2-11-38-28-41(25-22-35(38)10-1)39-12-9-13-43(29-39)58-48-17-5-3-15-46(48)57(47-16-4-6-18-49(47)58)37-23-20-36(21-24-37)40-26-27-42-31-50-52-33-51-45-14-7-8-19-53(45)59-55(51)34-56(52)60-54(50)32-44(42)30-40/h1-34H. The van der Waals surface area contributed by atoms with Crippen molar-refractivity contribution >= 4 is 106 Å². The fraction of sp³-hybridized carbons (Fsp3) is 0. The van der Waals surface area contributed by atoms with Gasteiger partial charge in [-0.15, -0.1) is 22.7 Å². The van der Waals surface area contributed by atoms with E-state index in [2.05, 4.69) is 206 Å². The minimum absolute atomic E-state index is 1.22. The van der Waals surface area contributed by atoms with Crippen LogP contribution in [0.3, 0.4) is 0 Å². The molecule has 0 aliphatic rings. The van der Waals surface area contributed by atoms with Crippen molar-refractivity contribution in [3.63, 3.8) is 0 Å². The van der Waals surface area contributed by atoms with Gasteiger partial charge in [-0.3, -0.25) is 0 Å². The minimum Gasteiger partial charge on any atom is -0.135 e. The zero-order valence-corrected chi connectivity index (χ0v) is 34.1. The molecule has 0 spiro atoms. The predicted molar refractivity (Wildman–Crippen MR) is 264 cm³/mol. The van der Waals surface area contributed by atoms with E-state index in [1.165, 1.54) is 128 Å². The number of fused-ring (bicyclic) bond motifs is 10. The Kier molecular flexibility index (Phi) is 7.45. The van der Waals surface area contributed by atoms with E-state index in [0.29, 0.717) is 0 Å². The maximum absolute atomic E-state index is 2.43. The first-order valence-corrected chi connectivity index (χ1v) is 22.2. The van der Waals surface area contributed by atoms with E-state index in [0.717, 1.165) is 0 Å². The Bertz CT molecular complexity index is 3820. The summed E-state index contributed by atoms with van der Waals surface area (Å²) in [6, 6.07) is 77.0. The summed E-state index contributed by atoms with van der Waals surface area (Å²) < 4.78 is 5.42. The first kappa shape index (κ1) is 33.8. The molecule has 11 aromatic carbocycles. The summed E-state index contributed by atoms with van der Waals surface area (Å²) in [5.74, 6) is 0. The van der Waals surface area contributed by atoms with Crippen molar-refractivity contribution in [1.82, 2.24) is 0 Å². The molecule has 0 bridgehead atoms. The van der Waals surface area contributed by atoms with E-state index in [9.17, 15) is 0 Å². The molecule has 60 heavy (non-hydrogen) atoms. The number of rotatable bonds is 4. The van der Waals surface area contributed by atoms with Gasteiger partial charge in [0.15, 0.2) is 0 Å². The molecule has 0 unspecified atom stereocenters. The van der Waals surface area contributed by atoms with E-state index in [-0.39, 0.29) is 0 Å². The van der Waals surface area contributed by atoms with Crippen LogP contribution < -0.4 is 0 Å². The van der Waals surface area contributed by atoms with Gasteiger partial charge in [0, 0.05) is 40.3 Å². The molecule has 2 aromatic heterocycles. The van der Waals surface area contributed by atoms with Crippen LogP contribution in [0.15, 0.2) is 206 Å².